The highest BCUT2D eigenvalue weighted by atomic mass is 19.1. The lowest BCUT2D eigenvalue weighted by Gasteiger charge is -2.22. The Bertz CT molecular complexity index is 884. The Labute approximate surface area is 148 Å². The van der Waals surface area contributed by atoms with Crippen molar-refractivity contribution in [3.63, 3.8) is 0 Å². The normalized spacial score (nSPS) is 19.3. The first-order valence-corrected chi connectivity index (χ1v) is 7.73. The molecule has 134 valence electrons. The zero-order chi connectivity index (χ0) is 18.9. The third kappa shape index (κ3) is 2.97. The number of halogens is 1. The molecular formula is C18H16FN3O4. The van der Waals surface area contributed by atoms with Crippen LogP contribution in [-0.2, 0) is 10.3 Å². The number of amides is 4. The van der Waals surface area contributed by atoms with Crippen LogP contribution in [0.3, 0.4) is 0 Å². The fourth-order valence-electron chi connectivity index (χ4n) is 2.64. The van der Waals surface area contributed by atoms with E-state index in [-0.39, 0.29) is 5.56 Å². The molecule has 0 aromatic heterocycles. The first kappa shape index (κ1) is 17.4. The van der Waals surface area contributed by atoms with E-state index in [1.807, 2.05) is 0 Å². The maximum Gasteiger partial charge on any atom is 0.344 e. The molecule has 2 aromatic rings. The van der Waals surface area contributed by atoms with Crippen LogP contribution in [-0.4, -0.2) is 30.0 Å². The summed E-state index contributed by atoms with van der Waals surface area (Å²) in [5, 5.41) is 3.19. The highest BCUT2D eigenvalue weighted by molar-refractivity contribution is 6.09. The van der Waals surface area contributed by atoms with E-state index in [1.54, 1.807) is 24.3 Å². The van der Waals surface area contributed by atoms with Crippen LogP contribution in [0, 0.1) is 5.82 Å². The molecule has 1 aliphatic rings. The molecule has 1 atom stereocenters. The Morgan fingerprint density at radius 2 is 1.88 bits per heavy atom. The number of benzene rings is 2. The lowest BCUT2D eigenvalue weighted by molar-refractivity contribution is -0.132. The molecule has 0 saturated carbocycles. The van der Waals surface area contributed by atoms with Gasteiger partial charge in [-0.25, -0.2) is 9.18 Å². The van der Waals surface area contributed by atoms with Gasteiger partial charge < -0.3 is 10.1 Å². The van der Waals surface area contributed by atoms with Crippen molar-refractivity contribution < 1.29 is 23.5 Å². The SMILES string of the molecule is COc1cccc([C@]2(C)NC(=O)N(NC(=O)c3ccc(F)cc3)C2=O)c1. The number of imide groups is 1. The van der Waals surface area contributed by atoms with Crippen molar-refractivity contribution >= 4 is 17.8 Å². The number of rotatable bonds is 4. The number of carbonyl (C=O) groups is 3. The molecular weight excluding hydrogens is 341 g/mol. The summed E-state index contributed by atoms with van der Waals surface area (Å²) in [6, 6.07) is 10.7. The molecule has 8 heteroatoms. The van der Waals surface area contributed by atoms with Crippen LogP contribution in [0.4, 0.5) is 9.18 Å². The van der Waals surface area contributed by atoms with E-state index in [1.165, 1.54) is 26.2 Å². The van der Waals surface area contributed by atoms with Crippen molar-refractivity contribution in [3.8, 4) is 5.75 Å². The van der Waals surface area contributed by atoms with Crippen molar-refractivity contribution in [3.05, 3.63) is 65.5 Å². The van der Waals surface area contributed by atoms with Gasteiger partial charge in [0.15, 0.2) is 0 Å². The molecule has 2 aromatic carbocycles. The van der Waals surface area contributed by atoms with E-state index in [4.69, 9.17) is 4.74 Å². The van der Waals surface area contributed by atoms with Crippen molar-refractivity contribution in [1.82, 2.24) is 15.8 Å². The standard InChI is InChI=1S/C18H16FN3O4/c1-18(12-4-3-5-14(10-12)26-2)16(24)22(17(25)20-18)21-15(23)11-6-8-13(19)9-7-11/h3-10H,1-2H3,(H,20,25)(H,21,23)/t18-/m0/s1. The second kappa shape index (κ2) is 6.47. The fraction of sp³-hybridized carbons (Fsp3) is 0.167. The van der Waals surface area contributed by atoms with Crippen LogP contribution in [0.25, 0.3) is 0 Å². The fourth-order valence-corrected chi connectivity index (χ4v) is 2.64. The third-order valence-electron chi connectivity index (χ3n) is 4.16. The number of carbonyl (C=O) groups excluding carboxylic acids is 3. The van der Waals surface area contributed by atoms with Gasteiger partial charge in [-0.15, -0.1) is 0 Å². The predicted octanol–water partition coefficient (Wildman–Crippen LogP) is 1.95. The average Bonchev–Trinajstić information content (AvgIpc) is 2.86. The molecule has 1 fully saturated rings. The molecule has 1 heterocycles. The molecule has 4 amide bonds. The molecule has 26 heavy (non-hydrogen) atoms. The molecule has 0 spiro atoms. The molecule has 1 saturated heterocycles. The number of nitrogens with zero attached hydrogens (tertiary/aromatic N) is 1. The van der Waals surface area contributed by atoms with E-state index in [2.05, 4.69) is 10.7 Å². The summed E-state index contributed by atoms with van der Waals surface area (Å²) in [4.78, 5) is 37.2. The Balaban J connectivity index is 1.84. The maximum absolute atomic E-state index is 13.0. The third-order valence-corrected chi connectivity index (χ3v) is 4.16. The van der Waals surface area contributed by atoms with Gasteiger partial charge in [-0.1, -0.05) is 12.1 Å². The number of urea groups is 1. The van der Waals surface area contributed by atoms with E-state index in [0.717, 1.165) is 12.1 Å². The van der Waals surface area contributed by atoms with Gasteiger partial charge in [0.1, 0.15) is 17.1 Å². The summed E-state index contributed by atoms with van der Waals surface area (Å²) < 4.78 is 18.1. The minimum absolute atomic E-state index is 0.113. The quantitative estimate of drug-likeness (QED) is 0.819. The number of hydrazine groups is 1. The summed E-state index contributed by atoms with van der Waals surface area (Å²) >= 11 is 0. The summed E-state index contributed by atoms with van der Waals surface area (Å²) in [5.41, 5.74) is 1.51. The molecule has 0 bridgehead atoms. The predicted molar refractivity (Wildman–Crippen MR) is 89.6 cm³/mol. The monoisotopic (exact) mass is 357 g/mol. The first-order chi connectivity index (χ1) is 12.3. The van der Waals surface area contributed by atoms with Gasteiger partial charge in [0.2, 0.25) is 0 Å². The lowest BCUT2D eigenvalue weighted by Crippen LogP contribution is -2.47. The highest BCUT2D eigenvalue weighted by Gasteiger charge is 2.50. The van der Waals surface area contributed by atoms with Gasteiger partial charge in [-0.05, 0) is 48.9 Å². The number of hydrogen-bond donors (Lipinski definition) is 2. The van der Waals surface area contributed by atoms with E-state index >= 15 is 0 Å². The molecule has 1 aliphatic heterocycles. The second-order valence-corrected chi connectivity index (χ2v) is 5.88. The van der Waals surface area contributed by atoms with E-state index in [0.29, 0.717) is 16.3 Å². The molecule has 2 N–H and O–H groups in total. The Morgan fingerprint density at radius 3 is 2.54 bits per heavy atom. The topological polar surface area (TPSA) is 87.7 Å². The van der Waals surface area contributed by atoms with Crippen LogP contribution in [0.1, 0.15) is 22.8 Å². The van der Waals surface area contributed by atoms with Gasteiger partial charge in [0, 0.05) is 5.56 Å². The summed E-state index contributed by atoms with van der Waals surface area (Å²) in [5.74, 6) is -1.32. The van der Waals surface area contributed by atoms with Crippen molar-refractivity contribution in [2.45, 2.75) is 12.5 Å². The van der Waals surface area contributed by atoms with E-state index < -0.39 is 29.2 Å². The largest absolute Gasteiger partial charge is 0.497 e. The number of methoxy groups -OCH3 is 1. The van der Waals surface area contributed by atoms with Crippen molar-refractivity contribution in [2.24, 2.45) is 0 Å². The Morgan fingerprint density at radius 1 is 1.19 bits per heavy atom. The van der Waals surface area contributed by atoms with Gasteiger partial charge >= 0.3 is 6.03 Å². The molecule has 3 rings (SSSR count). The van der Waals surface area contributed by atoms with Crippen LogP contribution in [0.5, 0.6) is 5.75 Å². The highest BCUT2D eigenvalue weighted by Crippen LogP contribution is 2.30. The summed E-state index contributed by atoms with van der Waals surface area (Å²) in [6.45, 7) is 1.53. The van der Waals surface area contributed by atoms with Crippen LogP contribution in [0.15, 0.2) is 48.5 Å². The van der Waals surface area contributed by atoms with Crippen molar-refractivity contribution in [1.29, 1.82) is 0 Å². The Kier molecular flexibility index (Phi) is 4.33. The minimum atomic E-state index is -1.36. The number of hydrogen-bond acceptors (Lipinski definition) is 4. The number of ether oxygens (including phenoxy) is 1. The van der Waals surface area contributed by atoms with E-state index in [9.17, 15) is 18.8 Å². The Hall–Kier alpha value is -3.42. The minimum Gasteiger partial charge on any atom is -0.497 e. The molecule has 0 aliphatic carbocycles. The van der Waals surface area contributed by atoms with Crippen LogP contribution in [0.2, 0.25) is 0 Å². The summed E-state index contributed by atoms with van der Waals surface area (Å²) in [7, 11) is 1.49. The zero-order valence-corrected chi connectivity index (χ0v) is 14.1. The maximum atomic E-state index is 13.0. The number of nitrogens with one attached hydrogen (secondary N) is 2. The van der Waals surface area contributed by atoms with Gasteiger partial charge in [-0.3, -0.25) is 15.0 Å². The van der Waals surface area contributed by atoms with Gasteiger partial charge in [-0.2, -0.15) is 5.01 Å². The van der Waals surface area contributed by atoms with Crippen molar-refractivity contribution in [2.75, 3.05) is 7.11 Å². The zero-order valence-electron chi connectivity index (χ0n) is 14.1. The van der Waals surface area contributed by atoms with Gasteiger partial charge in [0.25, 0.3) is 11.8 Å². The smallest absolute Gasteiger partial charge is 0.344 e. The second-order valence-electron chi connectivity index (χ2n) is 5.88. The van der Waals surface area contributed by atoms with Crippen LogP contribution < -0.4 is 15.5 Å². The molecule has 7 nitrogen and oxygen atoms in total. The summed E-state index contributed by atoms with van der Waals surface area (Å²) in [6.07, 6.45) is 0. The van der Waals surface area contributed by atoms with Gasteiger partial charge in [0.05, 0.1) is 7.11 Å². The lowest BCUT2D eigenvalue weighted by atomic mass is 9.92. The molecule has 0 unspecified atom stereocenters. The van der Waals surface area contributed by atoms with Crippen LogP contribution >= 0.6 is 0 Å². The molecule has 0 radical (unpaired) electrons. The average molecular weight is 357 g/mol. The first-order valence-electron chi connectivity index (χ1n) is 7.73.